The van der Waals surface area contributed by atoms with Crippen LogP contribution >= 0.6 is 22.9 Å². The molecule has 5 aromatic rings. The van der Waals surface area contributed by atoms with Crippen LogP contribution in [0.5, 0.6) is 0 Å². The number of morpholine rings is 1. The number of carbonyl (C=O) groups is 1. The van der Waals surface area contributed by atoms with Gasteiger partial charge in [0.05, 0.1) is 40.7 Å². The Morgan fingerprint density at radius 3 is 2.67 bits per heavy atom. The number of hydrogen-bond acceptors (Lipinski definition) is 7. The maximum Gasteiger partial charge on any atom is 0.337 e. The largest absolute Gasteiger partial charge is 0.479 e. The summed E-state index contributed by atoms with van der Waals surface area (Å²) >= 11 is 7.81. The van der Waals surface area contributed by atoms with Crippen molar-refractivity contribution in [2.75, 3.05) is 24.6 Å². The zero-order valence-electron chi connectivity index (χ0n) is 24.2. The molecule has 2 unspecified atom stereocenters. The number of aryl methyl sites for hydroxylation is 2. The lowest BCUT2D eigenvalue weighted by molar-refractivity contribution is -0.160. The van der Waals surface area contributed by atoms with Crippen LogP contribution in [-0.4, -0.2) is 51.1 Å². The van der Waals surface area contributed by atoms with Gasteiger partial charge in [-0.2, -0.15) is 5.10 Å². The molecule has 0 aliphatic carbocycles. The Balaban J connectivity index is 1.44. The zero-order chi connectivity index (χ0) is 29.8. The van der Waals surface area contributed by atoms with Crippen LogP contribution in [0.4, 0.5) is 5.13 Å². The molecule has 8 nitrogen and oxygen atoms in total. The van der Waals surface area contributed by atoms with E-state index in [-0.39, 0.29) is 6.10 Å². The van der Waals surface area contributed by atoms with Gasteiger partial charge in [-0.1, -0.05) is 41.1 Å². The number of ether oxygens (including phenoxy) is 2. The molecular formula is C32H33ClN4O4S. The predicted octanol–water partition coefficient (Wildman–Crippen LogP) is 7.33. The lowest BCUT2D eigenvalue weighted by Gasteiger charge is -2.33. The van der Waals surface area contributed by atoms with Crippen LogP contribution in [0.15, 0.2) is 54.7 Å². The van der Waals surface area contributed by atoms with Crippen molar-refractivity contribution in [3.8, 4) is 11.1 Å². The molecule has 2 aromatic heterocycles. The molecule has 0 bridgehead atoms. The normalized spacial score (nSPS) is 16.8. The molecular weight excluding hydrogens is 572 g/mol. The summed E-state index contributed by atoms with van der Waals surface area (Å²) in [6.07, 6.45) is 0.611. The highest BCUT2D eigenvalue weighted by atomic mass is 35.5. The number of halogens is 1. The second-order valence-corrected chi connectivity index (χ2v) is 13.1. The average molecular weight is 605 g/mol. The molecule has 42 heavy (non-hydrogen) atoms. The highest BCUT2D eigenvalue weighted by Crippen LogP contribution is 2.45. The number of carboxylic acid groups (broad SMARTS) is 1. The van der Waals surface area contributed by atoms with Crippen LogP contribution in [0.3, 0.4) is 0 Å². The van der Waals surface area contributed by atoms with Gasteiger partial charge in [0, 0.05) is 35.1 Å². The van der Waals surface area contributed by atoms with Gasteiger partial charge in [-0.15, -0.1) is 0 Å². The third-order valence-electron chi connectivity index (χ3n) is 7.49. The molecule has 1 saturated heterocycles. The van der Waals surface area contributed by atoms with Gasteiger partial charge in [-0.05, 0) is 74.7 Å². The van der Waals surface area contributed by atoms with E-state index >= 15 is 0 Å². The van der Waals surface area contributed by atoms with Crippen molar-refractivity contribution in [2.24, 2.45) is 7.05 Å². The zero-order valence-corrected chi connectivity index (χ0v) is 25.8. The van der Waals surface area contributed by atoms with Crippen molar-refractivity contribution in [1.82, 2.24) is 14.8 Å². The Labute approximate surface area is 253 Å². The summed E-state index contributed by atoms with van der Waals surface area (Å²) in [5, 5.41) is 17.3. The Bertz CT molecular complexity index is 1790. The third kappa shape index (κ3) is 5.49. The van der Waals surface area contributed by atoms with Gasteiger partial charge in [0.25, 0.3) is 0 Å². The topological polar surface area (TPSA) is 89.7 Å². The Kier molecular flexibility index (Phi) is 7.47. The summed E-state index contributed by atoms with van der Waals surface area (Å²) in [6, 6.07) is 15.8. The summed E-state index contributed by atoms with van der Waals surface area (Å²) in [5.41, 5.74) is 5.46. The molecule has 218 valence electrons. The highest BCUT2D eigenvalue weighted by Gasteiger charge is 2.33. The second-order valence-electron chi connectivity index (χ2n) is 11.7. The molecule has 6 rings (SSSR count). The molecule has 1 aliphatic heterocycles. The van der Waals surface area contributed by atoms with E-state index in [1.807, 2.05) is 76.0 Å². The van der Waals surface area contributed by atoms with Crippen molar-refractivity contribution in [2.45, 2.75) is 45.5 Å². The monoisotopic (exact) mass is 604 g/mol. The van der Waals surface area contributed by atoms with Gasteiger partial charge in [0.15, 0.2) is 11.2 Å². The van der Waals surface area contributed by atoms with E-state index in [2.05, 4.69) is 28.2 Å². The van der Waals surface area contributed by atoms with Crippen molar-refractivity contribution >= 4 is 55.2 Å². The fourth-order valence-corrected chi connectivity index (χ4v) is 6.86. The molecule has 3 heterocycles. The smallest absolute Gasteiger partial charge is 0.337 e. The fraction of sp³-hybridized carbons (Fsp3) is 0.344. The van der Waals surface area contributed by atoms with E-state index in [0.717, 1.165) is 48.5 Å². The predicted molar refractivity (Wildman–Crippen MR) is 168 cm³/mol. The summed E-state index contributed by atoms with van der Waals surface area (Å²) in [7, 11) is 1.94. The Morgan fingerprint density at radius 1 is 1.19 bits per heavy atom. The minimum absolute atomic E-state index is 0.111. The Hall–Kier alpha value is -3.50. The lowest BCUT2D eigenvalue weighted by atomic mass is 9.91. The van der Waals surface area contributed by atoms with Crippen LogP contribution in [-0.2, 0) is 21.3 Å². The van der Waals surface area contributed by atoms with Gasteiger partial charge in [0.1, 0.15) is 6.10 Å². The minimum Gasteiger partial charge on any atom is -0.479 e. The number of benzene rings is 3. The van der Waals surface area contributed by atoms with Crippen LogP contribution in [0.2, 0.25) is 5.02 Å². The molecule has 1 fully saturated rings. The van der Waals surface area contributed by atoms with Crippen molar-refractivity contribution in [1.29, 1.82) is 0 Å². The molecule has 0 radical (unpaired) electrons. The molecule has 2 atom stereocenters. The van der Waals surface area contributed by atoms with Gasteiger partial charge in [-0.3, -0.25) is 4.68 Å². The van der Waals surface area contributed by atoms with Crippen LogP contribution in [0, 0.1) is 6.92 Å². The lowest BCUT2D eigenvalue weighted by Crippen LogP contribution is -2.38. The fourth-order valence-electron chi connectivity index (χ4n) is 5.57. The SMILES string of the molecule is Cc1cc2nc(N3CCOC(c4ccc5c(cnn5C)c4)C3)sc2c(-c2ccc(Cl)cc2)c1C(OC(C)(C)C)C(=O)O. The first-order valence-electron chi connectivity index (χ1n) is 13.9. The quantitative estimate of drug-likeness (QED) is 0.217. The summed E-state index contributed by atoms with van der Waals surface area (Å²) in [6.45, 7) is 9.45. The number of rotatable bonds is 6. The van der Waals surface area contributed by atoms with Gasteiger partial charge in [0.2, 0.25) is 0 Å². The van der Waals surface area contributed by atoms with Gasteiger partial charge >= 0.3 is 5.97 Å². The number of thiazole rings is 1. The third-order valence-corrected chi connectivity index (χ3v) is 8.89. The molecule has 0 saturated carbocycles. The first-order valence-corrected chi connectivity index (χ1v) is 15.1. The number of nitrogens with zero attached hydrogens (tertiary/aromatic N) is 4. The summed E-state index contributed by atoms with van der Waals surface area (Å²) in [4.78, 5) is 19.9. The van der Waals surface area contributed by atoms with Crippen molar-refractivity contribution in [3.05, 3.63) is 76.4 Å². The molecule has 10 heteroatoms. The van der Waals surface area contributed by atoms with E-state index in [4.69, 9.17) is 26.1 Å². The highest BCUT2D eigenvalue weighted by molar-refractivity contribution is 7.22. The maximum atomic E-state index is 12.6. The number of aliphatic carboxylic acids is 1. The standard InChI is InChI=1S/C32H33ClN4O4S/c1-18-14-23-29(27(19-6-9-22(33)10-7-19)26(18)28(30(38)39)41-32(2,3)4)42-31(35-23)37-12-13-40-25(17-37)20-8-11-24-21(15-20)16-34-36(24)5/h6-11,14-16,25,28H,12-13,17H2,1-5H3,(H,38,39). The van der Waals surface area contributed by atoms with E-state index in [0.29, 0.717) is 30.3 Å². The van der Waals surface area contributed by atoms with Gasteiger partial charge in [-0.25, -0.2) is 9.78 Å². The molecule has 1 N–H and O–H groups in total. The first-order chi connectivity index (χ1) is 20.0. The molecule has 0 spiro atoms. The summed E-state index contributed by atoms with van der Waals surface area (Å²) in [5.74, 6) is -1.03. The molecule has 0 amide bonds. The minimum atomic E-state index is -1.15. The Morgan fingerprint density at radius 2 is 1.95 bits per heavy atom. The van der Waals surface area contributed by atoms with E-state index in [1.165, 1.54) is 0 Å². The van der Waals surface area contributed by atoms with E-state index < -0.39 is 17.7 Å². The van der Waals surface area contributed by atoms with Gasteiger partial charge < -0.3 is 19.5 Å². The van der Waals surface area contributed by atoms with E-state index in [9.17, 15) is 9.90 Å². The van der Waals surface area contributed by atoms with Crippen LogP contribution in [0.25, 0.3) is 32.2 Å². The number of carboxylic acids is 1. The number of hydrogen-bond donors (Lipinski definition) is 1. The molecule has 1 aliphatic rings. The number of aromatic nitrogens is 3. The number of anilines is 1. The summed E-state index contributed by atoms with van der Waals surface area (Å²) < 4.78 is 15.1. The van der Waals surface area contributed by atoms with Crippen LogP contribution < -0.4 is 4.90 Å². The first kappa shape index (κ1) is 28.6. The van der Waals surface area contributed by atoms with Crippen molar-refractivity contribution < 1.29 is 19.4 Å². The molecule has 3 aromatic carbocycles. The van der Waals surface area contributed by atoms with E-state index in [1.54, 1.807) is 11.3 Å². The number of fused-ring (bicyclic) bond motifs is 2. The van der Waals surface area contributed by atoms with Crippen molar-refractivity contribution in [3.63, 3.8) is 0 Å². The maximum absolute atomic E-state index is 12.6. The van der Waals surface area contributed by atoms with Crippen LogP contribution in [0.1, 0.15) is 49.7 Å². The average Bonchev–Trinajstić information content (AvgIpc) is 3.54. The second kappa shape index (κ2) is 11.0.